The van der Waals surface area contributed by atoms with E-state index in [0.29, 0.717) is 11.7 Å². The van der Waals surface area contributed by atoms with Crippen molar-refractivity contribution in [2.75, 3.05) is 25.4 Å². The smallest absolute Gasteiger partial charge is 0.332 e. The van der Waals surface area contributed by atoms with Gasteiger partial charge in [-0.15, -0.1) is 0 Å². The Hall–Kier alpha value is -3.77. The molecule has 2 aromatic carbocycles. The van der Waals surface area contributed by atoms with Crippen LogP contribution in [0, 0.1) is 5.82 Å². The van der Waals surface area contributed by atoms with Crippen LogP contribution in [-0.2, 0) is 22.6 Å². The molecular weight excluding hydrogens is 545 g/mol. The predicted octanol–water partition coefficient (Wildman–Crippen LogP) is 3.58. The van der Waals surface area contributed by atoms with Gasteiger partial charge in [0, 0.05) is 25.6 Å². The van der Waals surface area contributed by atoms with Gasteiger partial charge in [0.25, 0.3) is 0 Å². The average molecular weight is 582 g/mol. The lowest BCUT2D eigenvalue weighted by molar-refractivity contribution is -0.158. The fourth-order valence-corrected chi connectivity index (χ4v) is 6.45. The molecule has 12 heteroatoms. The van der Waals surface area contributed by atoms with Gasteiger partial charge in [-0.1, -0.05) is 48.9 Å². The predicted molar refractivity (Wildman–Crippen MR) is 156 cm³/mol. The number of para-hydroxylation sites is 1. The second kappa shape index (κ2) is 12.0. The van der Waals surface area contributed by atoms with Crippen molar-refractivity contribution >= 4 is 44.5 Å². The number of thiazole rings is 1. The topological polar surface area (TPSA) is 115 Å². The van der Waals surface area contributed by atoms with E-state index in [1.54, 1.807) is 32.0 Å². The highest BCUT2D eigenvalue weighted by molar-refractivity contribution is 7.22. The highest BCUT2D eigenvalue weighted by Gasteiger charge is 2.52. The molecule has 5 rings (SSSR count). The summed E-state index contributed by atoms with van der Waals surface area (Å²) in [4.78, 5) is 48.8. The molecule has 41 heavy (non-hydrogen) atoms. The van der Waals surface area contributed by atoms with Crippen LogP contribution in [0.2, 0.25) is 0 Å². The Bertz CT molecular complexity index is 1430. The number of urea groups is 1. The SMILES string of the molecule is CCCCNC(=O)N(C(C)C)N1CC(=O)N2[C@@H](Cc3ccc(F)cc3)C(=O)N(Cc3cccc4sc(N)nc34)C[C@@H]21. The Labute approximate surface area is 242 Å². The summed E-state index contributed by atoms with van der Waals surface area (Å²) in [6, 6.07) is 10.4. The molecule has 0 saturated carbocycles. The monoisotopic (exact) mass is 581 g/mol. The van der Waals surface area contributed by atoms with E-state index < -0.39 is 12.2 Å². The van der Waals surface area contributed by atoms with Crippen molar-refractivity contribution in [3.05, 3.63) is 59.4 Å². The Morgan fingerprint density at radius 2 is 1.98 bits per heavy atom. The lowest BCUT2D eigenvalue weighted by Gasteiger charge is -2.47. The largest absolute Gasteiger partial charge is 0.375 e. The van der Waals surface area contributed by atoms with Crippen molar-refractivity contribution in [2.45, 2.75) is 64.8 Å². The van der Waals surface area contributed by atoms with Crippen molar-refractivity contribution in [3.8, 4) is 0 Å². The minimum absolute atomic E-state index is 0.0245. The number of nitrogens with zero attached hydrogens (tertiary/aromatic N) is 5. The first-order valence-electron chi connectivity index (χ1n) is 14.0. The standard InChI is InChI=1S/C29H36FN7O3S/c1-4-5-13-32-29(40)37(18(2)3)35-17-25(38)36-22(14-19-9-11-21(30)12-10-19)27(39)34(16-24(35)36)15-20-7-6-8-23-26(20)33-28(31)41-23/h6-12,18,22,24H,4-5,13-17H2,1-3H3,(H2,31,33)(H,32,40)/t22-,24+/m0/s1. The minimum atomic E-state index is -0.811. The molecule has 10 nitrogen and oxygen atoms in total. The third kappa shape index (κ3) is 5.84. The third-order valence-electron chi connectivity index (χ3n) is 7.57. The molecule has 0 unspecified atom stereocenters. The zero-order valence-electron chi connectivity index (χ0n) is 23.5. The number of benzene rings is 2. The summed E-state index contributed by atoms with van der Waals surface area (Å²) in [6.07, 6.45) is 1.47. The van der Waals surface area contributed by atoms with Gasteiger partial charge in [-0.05, 0) is 49.6 Å². The van der Waals surface area contributed by atoms with Crippen molar-refractivity contribution < 1.29 is 18.8 Å². The summed E-state index contributed by atoms with van der Waals surface area (Å²) in [7, 11) is 0. The molecule has 2 saturated heterocycles. The van der Waals surface area contributed by atoms with Crippen molar-refractivity contribution in [1.29, 1.82) is 0 Å². The zero-order chi connectivity index (χ0) is 29.3. The molecule has 218 valence electrons. The first kappa shape index (κ1) is 28.7. The van der Waals surface area contributed by atoms with Crippen LogP contribution in [0.5, 0.6) is 0 Å². The number of nitrogens with one attached hydrogen (secondary N) is 1. The fourth-order valence-electron chi connectivity index (χ4n) is 5.66. The van der Waals surface area contributed by atoms with Crippen molar-refractivity contribution in [2.24, 2.45) is 0 Å². The highest BCUT2D eigenvalue weighted by atomic mass is 32.1. The van der Waals surface area contributed by atoms with Gasteiger partial charge in [0.2, 0.25) is 11.8 Å². The number of hydrogen-bond acceptors (Lipinski definition) is 7. The van der Waals surface area contributed by atoms with Gasteiger partial charge >= 0.3 is 6.03 Å². The summed E-state index contributed by atoms with van der Waals surface area (Å²) in [5.41, 5.74) is 8.32. The number of hydrazine groups is 1. The van der Waals surface area contributed by atoms with Gasteiger partial charge in [-0.25, -0.2) is 14.2 Å². The second-order valence-corrected chi connectivity index (χ2v) is 11.8. The van der Waals surface area contributed by atoms with Crippen LogP contribution < -0.4 is 11.1 Å². The summed E-state index contributed by atoms with van der Waals surface area (Å²) in [5.74, 6) is -0.801. The zero-order valence-corrected chi connectivity index (χ0v) is 24.4. The first-order valence-corrected chi connectivity index (χ1v) is 14.8. The molecule has 0 spiro atoms. The van der Waals surface area contributed by atoms with Gasteiger partial charge in [0.15, 0.2) is 5.13 Å². The van der Waals surface area contributed by atoms with Gasteiger partial charge in [-0.2, -0.15) is 5.01 Å². The van der Waals surface area contributed by atoms with E-state index >= 15 is 0 Å². The number of piperazine rings is 1. The molecule has 2 fully saturated rings. The van der Waals surface area contributed by atoms with E-state index in [0.717, 1.165) is 34.2 Å². The molecule has 0 radical (unpaired) electrons. The number of unbranched alkanes of at least 4 members (excludes halogenated alkanes) is 1. The van der Waals surface area contributed by atoms with Gasteiger partial charge in [0.05, 0.1) is 23.3 Å². The number of anilines is 1. The average Bonchev–Trinajstić information content (AvgIpc) is 3.47. The molecule has 2 aliphatic rings. The normalized spacial score (nSPS) is 19.3. The maximum absolute atomic E-state index is 14.1. The van der Waals surface area contributed by atoms with Crippen molar-refractivity contribution in [1.82, 2.24) is 30.1 Å². The van der Waals surface area contributed by atoms with Gasteiger partial charge in [-0.3, -0.25) is 14.6 Å². The number of aromatic nitrogens is 1. The summed E-state index contributed by atoms with van der Waals surface area (Å²) in [5, 5.41) is 6.81. The van der Waals surface area contributed by atoms with E-state index in [1.165, 1.54) is 23.5 Å². The molecule has 3 heterocycles. The quantitative estimate of drug-likeness (QED) is 0.374. The van der Waals surface area contributed by atoms with Gasteiger partial charge < -0.3 is 20.9 Å². The Balaban J connectivity index is 1.49. The molecule has 4 amide bonds. The molecule has 3 aromatic rings. The lowest BCUT2D eigenvalue weighted by atomic mass is 10.00. The maximum atomic E-state index is 14.1. The Kier molecular flexibility index (Phi) is 8.41. The number of carbonyl (C=O) groups is 3. The molecule has 3 N–H and O–H groups in total. The van der Waals surface area contributed by atoms with Crippen LogP contribution >= 0.6 is 11.3 Å². The number of nitrogens with two attached hydrogens (primary N) is 1. The first-order chi connectivity index (χ1) is 19.7. The number of carbonyl (C=O) groups excluding carboxylic acids is 3. The maximum Gasteiger partial charge on any atom is 0.332 e. The highest BCUT2D eigenvalue weighted by Crippen LogP contribution is 2.32. The Morgan fingerprint density at radius 1 is 1.22 bits per heavy atom. The van der Waals surface area contributed by atoms with Crippen LogP contribution in [0.15, 0.2) is 42.5 Å². The molecular formula is C29H36FN7O3S. The third-order valence-corrected chi connectivity index (χ3v) is 8.42. The molecule has 1 aromatic heterocycles. The number of hydrogen-bond donors (Lipinski definition) is 2. The number of halogens is 1. The summed E-state index contributed by atoms with van der Waals surface area (Å²) >= 11 is 1.39. The van der Waals surface area contributed by atoms with Crippen LogP contribution in [0.4, 0.5) is 14.3 Å². The van der Waals surface area contributed by atoms with E-state index in [-0.39, 0.29) is 55.8 Å². The molecule has 2 atom stereocenters. The number of nitrogen functional groups attached to an aromatic ring is 1. The van der Waals surface area contributed by atoms with Gasteiger partial charge in [0.1, 0.15) is 18.0 Å². The van der Waals surface area contributed by atoms with E-state index in [4.69, 9.17) is 5.73 Å². The van der Waals surface area contributed by atoms with Crippen LogP contribution in [-0.4, -0.2) is 80.5 Å². The minimum Gasteiger partial charge on any atom is -0.375 e. The van der Waals surface area contributed by atoms with Crippen LogP contribution in [0.3, 0.4) is 0 Å². The molecule has 0 bridgehead atoms. The molecule has 0 aliphatic carbocycles. The number of amides is 4. The summed E-state index contributed by atoms with van der Waals surface area (Å²) < 4.78 is 14.6. The van der Waals surface area contributed by atoms with Crippen LogP contribution in [0.1, 0.15) is 44.7 Å². The molecule has 2 aliphatic heterocycles. The second-order valence-electron chi connectivity index (χ2n) is 10.8. The number of fused-ring (bicyclic) bond motifs is 2. The Morgan fingerprint density at radius 3 is 2.68 bits per heavy atom. The lowest BCUT2D eigenvalue weighted by Crippen LogP contribution is -2.66. The van der Waals surface area contributed by atoms with Crippen molar-refractivity contribution in [3.63, 3.8) is 0 Å². The fraction of sp³-hybridized carbons (Fsp3) is 0.448. The van der Waals surface area contributed by atoms with E-state index in [1.807, 2.05) is 32.0 Å². The number of rotatable bonds is 9. The van der Waals surface area contributed by atoms with Crippen LogP contribution in [0.25, 0.3) is 10.2 Å². The van der Waals surface area contributed by atoms with E-state index in [9.17, 15) is 18.8 Å². The van der Waals surface area contributed by atoms with E-state index in [2.05, 4.69) is 17.2 Å². The summed E-state index contributed by atoms with van der Waals surface area (Å²) in [6.45, 7) is 6.86.